The van der Waals surface area contributed by atoms with E-state index in [-0.39, 0.29) is 16.5 Å². The molecular formula is C13H12ClN3O3S. The van der Waals surface area contributed by atoms with E-state index in [0.29, 0.717) is 11.4 Å². The quantitative estimate of drug-likeness (QED) is 0.831. The van der Waals surface area contributed by atoms with E-state index >= 15 is 0 Å². The number of hydrogen-bond acceptors (Lipinski definition) is 4. The van der Waals surface area contributed by atoms with Gasteiger partial charge in [-0.05, 0) is 18.2 Å². The number of nitrogens with zero attached hydrogens (tertiary/aromatic N) is 2. The van der Waals surface area contributed by atoms with Crippen LogP contribution in [0.4, 0.5) is 5.82 Å². The molecule has 6 nitrogen and oxygen atoms in total. The van der Waals surface area contributed by atoms with Crippen molar-refractivity contribution in [1.29, 1.82) is 0 Å². The maximum absolute atomic E-state index is 12.3. The Morgan fingerprint density at radius 1 is 1.43 bits per heavy atom. The van der Waals surface area contributed by atoms with Crippen LogP contribution in [0.1, 0.15) is 5.56 Å². The number of aliphatic hydroxyl groups is 1. The van der Waals surface area contributed by atoms with Gasteiger partial charge in [-0.1, -0.05) is 23.4 Å². The fraction of sp³-hybridized carbons (Fsp3) is 0.154. The molecule has 1 heterocycles. The van der Waals surface area contributed by atoms with Gasteiger partial charge in [-0.3, -0.25) is 9.40 Å². The molecule has 110 valence electrons. The van der Waals surface area contributed by atoms with Crippen LogP contribution in [-0.2, 0) is 17.1 Å². The molecule has 0 unspecified atom stereocenters. The number of hydrogen-bond donors (Lipinski definition) is 2. The number of anilines is 1. The summed E-state index contributed by atoms with van der Waals surface area (Å²) in [6.45, 7) is -0.278. The molecule has 0 bridgehead atoms. The zero-order chi connectivity index (χ0) is 15.5. The van der Waals surface area contributed by atoms with Crippen LogP contribution >= 0.6 is 11.6 Å². The predicted octanol–water partition coefficient (Wildman–Crippen LogP) is 1.22. The highest BCUT2D eigenvalue weighted by Gasteiger charge is 2.19. The molecule has 21 heavy (non-hydrogen) atoms. The fourth-order valence-corrected chi connectivity index (χ4v) is 3.24. The highest BCUT2D eigenvalue weighted by molar-refractivity contribution is 7.92. The molecule has 0 saturated carbocycles. The lowest BCUT2D eigenvalue weighted by Gasteiger charge is -2.09. The molecule has 0 atom stereocenters. The van der Waals surface area contributed by atoms with E-state index in [1.165, 1.54) is 35.1 Å². The first-order valence-corrected chi connectivity index (χ1v) is 7.70. The van der Waals surface area contributed by atoms with Crippen LogP contribution in [0.2, 0.25) is 5.02 Å². The number of aliphatic hydroxyl groups excluding tert-OH is 1. The van der Waals surface area contributed by atoms with E-state index in [0.717, 1.165) is 0 Å². The zero-order valence-corrected chi connectivity index (χ0v) is 12.6. The summed E-state index contributed by atoms with van der Waals surface area (Å²) in [4.78, 5) is -0.0556. The smallest absolute Gasteiger partial charge is 0.264 e. The molecule has 2 N–H and O–H groups in total. The van der Waals surface area contributed by atoms with Gasteiger partial charge in [0.2, 0.25) is 0 Å². The van der Waals surface area contributed by atoms with Gasteiger partial charge in [0.15, 0.2) is 0 Å². The Kier molecular flexibility index (Phi) is 4.53. The molecular weight excluding hydrogens is 314 g/mol. The second-order valence-electron chi connectivity index (χ2n) is 4.05. The van der Waals surface area contributed by atoms with Crippen molar-refractivity contribution in [2.24, 2.45) is 7.05 Å². The molecule has 0 radical (unpaired) electrons. The van der Waals surface area contributed by atoms with Crippen molar-refractivity contribution in [2.45, 2.75) is 4.90 Å². The first kappa shape index (κ1) is 15.4. The second kappa shape index (κ2) is 6.18. The fourth-order valence-electron chi connectivity index (χ4n) is 1.60. The van der Waals surface area contributed by atoms with Crippen LogP contribution in [0.3, 0.4) is 0 Å². The maximum Gasteiger partial charge on any atom is 0.264 e. The molecule has 1 aromatic carbocycles. The highest BCUT2D eigenvalue weighted by Crippen LogP contribution is 2.24. The van der Waals surface area contributed by atoms with Gasteiger partial charge in [0.25, 0.3) is 10.0 Å². The van der Waals surface area contributed by atoms with Crippen LogP contribution in [0.5, 0.6) is 0 Å². The Morgan fingerprint density at radius 3 is 2.76 bits per heavy atom. The number of aromatic nitrogens is 2. The minimum Gasteiger partial charge on any atom is -0.384 e. The third-order valence-electron chi connectivity index (χ3n) is 2.59. The number of benzene rings is 1. The van der Waals surface area contributed by atoms with Gasteiger partial charge in [-0.2, -0.15) is 5.10 Å². The Bertz CT molecular complexity index is 819. The van der Waals surface area contributed by atoms with Crippen LogP contribution in [-0.4, -0.2) is 29.9 Å². The van der Waals surface area contributed by atoms with Gasteiger partial charge < -0.3 is 5.11 Å². The van der Waals surface area contributed by atoms with E-state index in [1.54, 1.807) is 7.05 Å². The molecule has 0 aliphatic carbocycles. The van der Waals surface area contributed by atoms with Crippen molar-refractivity contribution in [3.05, 3.63) is 41.0 Å². The molecule has 0 amide bonds. The average molecular weight is 326 g/mol. The minimum atomic E-state index is -3.81. The lowest BCUT2D eigenvalue weighted by atomic mass is 10.2. The molecule has 0 aliphatic rings. The first-order chi connectivity index (χ1) is 9.94. The zero-order valence-electron chi connectivity index (χ0n) is 11.0. The van der Waals surface area contributed by atoms with Crippen molar-refractivity contribution < 1.29 is 13.5 Å². The average Bonchev–Trinajstić information content (AvgIpc) is 2.81. The Balaban J connectivity index is 2.34. The van der Waals surface area contributed by atoms with Gasteiger partial charge in [0.1, 0.15) is 17.3 Å². The summed E-state index contributed by atoms with van der Waals surface area (Å²) >= 11 is 6.00. The monoisotopic (exact) mass is 325 g/mol. The van der Waals surface area contributed by atoms with Gasteiger partial charge in [-0.15, -0.1) is 0 Å². The van der Waals surface area contributed by atoms with Gasteiger partial charge in [0.05, 0.1) is 11.2 Å². The summed E-state index contributed by atoms with van der Waals surface area (Å²) in [5.74, 6) is 5.45. The lowest BCUT2D eigenvalue weighted by Crippen LogP contribution is -2.15. The number of aryl methyl sites for hydroxylation is 1. The maximum atomic E-state index is 12.3. The van der Waals surface area contributed by atoms with Crippen molar-refractivity contribution in [2.75, 3.05) is 11.3 Å². The SMILES string of the molecule is Cn1nccc1NS(=O)(=O)c1ccc(C#CCO)cc1Cl. The highest BCUT2D eigenvalue weighted by atomic mass is 35.5. The van der Waals surface area contributed by atoms with Crippen molar-refractivity contribution in [3.63, 3.8) is 0 Å². The largest absolute Gasteiger partial charge is 0.384 e. The number of halogens is 1. The Morgan fingerprint density at radius 2 is 2.19 bits per heavy atom. The normalized spacial score (nSPS) is 10.8. The Labute approximate surface area is 127 Å². The topological polar surface area (TPSA) is 84.2 Å². The molecule has 2 aromatic rings. The third kappa shape index (κ3) is 3.55. The van der Waals surface area contributed by atoms with E-state index in [2.05, 4.69) is 21.7 Å². The predicted molar refractivity (Wildman–Crippen MR) is 79.4 cm³/mol. The molecule has 0 aliphatic heterocycles. The molecule has 0 saturated heterocycles. The Hall–Kier alpha value is -2.01. The summed E-state index contributed by atoms with van der Waals surface area (Å²) in [7, 11) is -2.20. The van der Waals surface area contributed by atoms with E-state index in [9.17, 15) is 8.42 Å². The molecule has 8 heteroatoms. The second-order valence-corrected chi connectivity index (χ2v) is 6.11. The number of sulfonamides is 1. The van der Waals surface area contributed by atoms with Crippen LogP contribution < -0.4 is 4.72 Å². The van der Waals surface area contributed by atoms with Crippen LogP contribution in [0, 0.1) is 11.8 Å². The molecule has 1 aromatic heterocycles. The first-order valence-electron chi connectivity index (χ1n) is 5.84. The molecule has 0 spiro atoms. The summed E-state index contributed by atoms with van der Waals surface area (Å²) < 4.78 is 28.4. The van der Waals surface area contributed by atoms with Crippen LogP contribution in [0.25, 0.3) is 0 Å². The number of rotatable bonds is 3. The summed E-state index contributed by atoms with van der Waals surface area (Å²) in [5.41, 5.74) is 0.522. The van der Waals surface area contributed by atoms with E-state index < -0.39 is 10.0 Å². The molecule has 0 fully saturated rings. The standard InChI is InChI=1S/C13H12ClN3O3S/c1-17-13(6-7-15-17)16-21(19,20)12-5-4-10(3-2-8-18)9-11(12)14/h4-7,9,16,18H,8H2,1H3. The van der Waals surface area contributed by atoms with E-state index in [4.69, 9.17) is 16.7 Å². The summed E-state index contributed by atoms with van der Waals surface area (Å²) in [6, 6.07) is 5.85. The lowest BCUT2D eigenvalue weighted by molar-refractivity contribution is 0.350. The van der Waals surface area contributed by atoms with E-state index in [1.807, 2.05) is 0 Å². The van der Waals surface area contributed by atoms with Gasteiger partial charge in [0, 0.05) is 18.7 Å². The van der Waals surface area contributed by atoms with Crippen molar-refractivity contribution in [1.82, 2.24) is 9.78 Å². The minimum absolute atomic E-state index is 0.0504. The van der Waals surface area contributed by atoms with Gasteiger partial charge >= 0.3 is 0 Å². The summed E-state index contributed by atoms with van der Waals surface area (Å²) in [6.07, 6.45) is 1.48. The van der Waals surface area contributed by atoms with Crippen molar-refractivity contribution in [3.8, 4) is 11.8 Å². The van der Waals surface area contributed by atoms with Crippen LogP contribution in [0.15, 0.2) is 35.4 Å². The van der Waals surface area contributed by atoms with Gasteiger partial charge in [-0.25, -0.2) is 8.42 Å². The number of nitrogens with one attached hydrogen (secondary N) is 1. The molecule has 2 rings (SSSR count). The van der Waals surface area contributed by atoms with Crippen molar-refractivity contribution >= 4 is 27.4 Å². The third-order valence-corrected chi connectivity index (χ3v) is 4.43. The summed E-state index contributed by atoms with van der Waals surface area (Å²) in [5, 5.41) is 12.6.